The average Bonchev–Trinajstić information content (AvgIpc) is 3.55. The zero-order chi connectivity index (χ0) is 21.0. The number of fused-ring (bicyclic) bond motifs is 1. The first-order chi connectivity index (χ1) is 15.3. The van der Waals surface area contributed by atoms with Crippen molar-refractivity contribution in [1.82, 2.24) is 15.0 Å². The van der Waals surface area contributed by atoms with Crippen molar-refractivity contribution in [2.45, 2.75) is 25.3 Å². The summed E-state index contributed by atoms with van der Waals surface area (Å²) in [6.07, 6.45) is 6.74. The van der Waals surface area contributed by atoms with Gasteiger partial charge >= 0.3 is 0 Å². The van der Waals surface area contributed by atoms with Crippen molar-refractivity contribution in [2.75, 3.05) is 11.9 Å². The zero-order valence-electron chi connectivity index (χ0n) is 17.1. The number of aromatic nitrogens is 3. The van der Waals surface area contributed by atoms with E-state index in [9.17, 15) is 0 Å². The van der Waals surface area contributed by atoms with Gasteiger partial charge in [0.1, 0.15) is 11.3 Å². The number of nitrogens with two attached hydrogens (primary N) is 1. The second kappa shape index (κ2) is 8.84. The molecule has 0 radical (unpaired) electrons. The molecule has 3 N–H and O–H groups in total. The highest BCUT2D eigenvalue weighted by Crippen LogP contribution is 2.33. The van der Waals surface area contributed by atoms with Crippen molar-refractivity contribution in [2.24, 2.45) is 11.7 Å². The Morgan fingerprint density at radius 1 is 1.10 bits per heavy atom. The lowest BCUT2D eigenvalue weighted by Crippen LogP contribution is -2.31. The van der Waals surface area contributed by atoms with E-state index < -0.39 is 0 Å². The lowest BCUT2D eigenvalue weighted by molar-refractivity contribution is 0.698. The Morgan fingerprint density at radius 2 is 1.90 bits per heavy atom. The quantitative estimate of drug-likeness (QED) is 0.445. The minimum absolute atomic E-state index is 0.0223. The van der Waals surface area contributed by atoms with Crippen LogP contribution in [0.2, 0.25) is 0 Å². The van der Waals surface area contributed by atoms with Crippen molar-refractivity contribution in [1.29, 1.82) is 0 Å². The number of nitrogens with zero attached hydrogens (tertiary/aromatic N) is 3. The van der Waals surface area contributed by atoms with Crippen LogP contribution in [0, 0.1) is 17.8 Å². The van der Waals surface area contributed by atoms with Gasteiger partial charge in [0.2, 0.25) is 0 Å². The van der Waals surface area contributed by atoms with Crippen LogP contribution in [0.3, 0.4) is 0 Å². The molecular formula is C25H23N5S. The van der Waals surface area contributed by atoms with Crippen molar-refractivity contribution in [3.63, 3.8) is 0 Å². The van der Waals surface area contributed by atoms with E-state index in [0.717, 1.165) is 33.6 Å². The van der Waals surface area contributed by atoms with Gasteiger partial charge in [-0.15, -0.1) is 11.3 Å². The molecule has 0 saturated heterocycles. The summed E-state index contributed by atoms with van der Waals surface area (Å²) in [5.74, 6) is 8.72. The first kappa shape index (κ1) is 19.7. The smallest absolute Gasteiger partial charge is 0.162 e. The second-order valence-electron chi connectivity index (χ2n) is 7.83. The highest BCUT2D eigenvalue weighted by molar-refractivity contribution is 7.18. The van der Waals surface area contributed by atoms with E-state index >= 15 is 0 Å². The molecule has 1 aromatic carbocycles. The number of rotatable bonds is 6. The van der Waals surface area contributed by atoms with E-state index in [1.807, 2.05) is 30.3 Å². The van der Waals surface area contributed by atoms with E-state index in [1.165, 1.54) is 18.4 Å². The van der Waals surface area contributed by atoms with E-state index in [2.05, 4.69) is 39.7 Å². The maximum Gasteiger partial charge on any atom is 0.162 e. The molecule has 0 spiro atoms. The van der Waals surface area contributed by atoms with Crippen LogP contribution in [-0.2, 0) is 6.42 Å². The summed E-state index contributed by atoms with van der Waals surface area (Å²) in [4.78, 5) is 13.8. The number of anilines is 1. The molecule has 1 saturated carbocycles. The Balaban J connectivity index is 1.45. The molecule has 5 rings (SSSR count). The molecule has 3 heterocycles. The summed E-state index contributed by atoms with van der Waals surface area (Å²) in [6.45, 7) is 0.623. The molecule has 5 nitrogen and oxygen atoms in total. The standard InChI is InChI=1S/C25H23N5S/c26-21(14-18-4-2-1-3-5-18)15-28-25-23-22(20(16-31-23)9-8-17-6-7-17)29-24(30-25)19-10-12-27-13-11-19/h1-5,10-13,16-17,21H,6-7,14-15,26H2,(H,28,29,30). The summed E-state index contributed by atoms with van der Waals surface area (Å²) in [6, 6.07) is 14.1. The van der Waals surface area contributed by atoms with Gasteiger partial charge < -0.3 is 11.1 Å². The summed E-state index contributed by atoms with van der Waals surface area (Å²) >= 11 is 1.63. The van der Waals surface area contributed by atoms with E-state index in [0.29, 0.717) is 18.3 Å². The number of pyridine rings is 1. The van der Waals surface area contributed by atoms with E-state index in [4.69, 9.17) is 15.7 Å². The molecule has 1 aliphatic carbocycles. The predicted molar refractivity (Wildman–Crippen MR) is 127 cm³/mol. The molecule has 0 amide bonds. The number of thiophene rings is 1. The van der Waals surface area contributed by atoms with Gasteiger partial charge in [0, 0.05) is 41.8 Å². The summed E-state index contributed by atoms with van der Waals surface area (Å²) in [5, 5.41) is 5.56. The minimum atomic E-state index is -0.0223. The van der Waals surface area contributed by atoms with E-state index in [-0.39, 0.29) is 6.04 Å². The van der Waals surface area contributed by atoms with Crippen LogP contribution >= 0.6 is 11.3 Å². The maximum atomic E-state index is 6.41. The fourth-order valence-electron chi connectivity index (χ4n) is 3.38. The normalized spacial score (nSPS) is 14.1. The molecule has 1 aliphatic rings. The van der Waals surface area contributed by atoms with Crippen molar-refractivity contribution in [3.05, 3.63) is 71.4 Å². The van der Waals surface area contributed by atoms with Crippen LogP contribution < -0.4 is 11.1 Å². The molecule has 3 aromatic heterocycles. The molecule has 0 bridgehead atoms. The van der Waals surface area contributed by atoms with Crippen LogP contribution in [-0.4, -0.2) is 27.5 Å². The van der Waals surface area contributed by atoms with Crippen LogP contribution in [0.25, 0.3) is 21.6 Å². The van der Waals surface area contributed by atoms with Gasteiger partial charge in [-0.3, -0.25) is 4.98 Å². The van der Waals surface area contributed by atoms with Gasteiger partial charge in [-0.25, -0.2) is 9.97 Å². The number of nitrogens with one attached hydrogen (secondary N) is 1. The van der Waals surface area contributed by atoms with Gasteiger partial charge in [0.15, 0.2) is 5.82 Å². The molecule has 1 fully saturated rings. The van der Waals surface area contributed by atoms with Crippen LogP contribution in [0.5, 0.6) is 0 Å². The fraction of sp³-hybridized carbons (Fsp3) is 0.240. The lowest BCUT2D eigenvalue weighted by atomic mass is 10.1. The van der Waals surface area contributed by atoms with E-state index in [1.54, 1.807) is 23.7 Å². The Hall–Kier alpha value is -3.27. The number of benzene rings is 1. The van der Waals surface area contributed by atoms with Crippen LogP contribution in [0.4, 0.5) is 5.82 Å². The van der Waals surface area contributed by atoms with Gasteiger partial charge in [-0.05, 0) is 37.0 Å². The second-order valence-corrected chi connectivity index (χ2v) is 8.71. The third kappa shape index (κ3) is 4.74. The topological polar surface area (TPSA) is 76.7 Å². The highest BCUT2D eigenvalue weighted by atomic mass is 32.1. The van der Waals surface area contributed by atoms with Gasteiger partial charge in [0.25, 0.3) is 0 Å². The Morgan fingerprint density at radius 3 is 2.68 bits per heavy atom. The third-order valence-electron chi connectivity index (χ3n) is 5.21. The molecule has 0 aliphatic heterocycles. The summed E-state index contributed by atoms with van der Waals surface area (Å²) in [7, 11) is 0. The highest BCUT2D eigenvalue weighted by Gasteiger charge is 2.19. The van der Waals surface area contributed by atoms with Crippen LogP contribution in [0.15, 0.2) is 60.2 Å². The minimum Gasteiger partial charge on any atom is -0.367 e. The predicted octanol–water partition coefficient (Wildman–Crippen LogP) is 4.50. The largest absolute Gasteiger partial charge is 0.367 e. The van der Waals surface area contributed by atoms with Crippen molar-refractivity contribution in [3.8, 4) is 23.2 Å². The summed E-state index contributed by atoms with van der Waals surface area (Å²) < 4.78 is 1.02. The van der Waals surface area contributed by atoms with Gasteiger partial charge in [-0.2, -0.15) is 0 Å². The van der Waals surface area contributed by atoms with Crippen molar-refractivity contribution < 1.29 is 0 Å². The number of hydrogen-bond acceptors (Lipinski definition) is 6. The molecule has 31 heavy (non-hydrogen) atoms. The molecule has 6 heteroatoms. The third-order valence-corrected chi connectivity index (χ3v) is 6.19. The van der Waals surface area contributed by atoms with Crippen LogP contribution in [0.1, 0.15) is 24.0 Å². The van der Waals surface area contributed by atoms with Gasteiger partial charge in [-0.1, -0.05) is 42.2 Å². The Labute approximate surface area is 185 Å². The molecular weight excluding hydrogens is 402 g/mol. The zero-order valence-corrected chi connectivity index (χ0v) is 17.9. The Kier molecular flexibility index (Phi) is 5.61. The first-order valence-electron chi connectivity index (χ1n) is 10.5. The number of hydrogen-bond donors (Lipinski definition) is 2. The monoisotopic (exact) mass is 425 g/mol. The first-order valence-corrected chi connectivity index (χ1v) is 11.4. The Bertz CT molecular complexity index is 1240. The summed E-state index contributed by atoms with van der Waals surface area (Å²) in [5.41, 5.74) is 10.4. The maximum absolute atomic E-state index is 6.41. The molecule has 1 unspecified atom stereocenters. The van der Waals surface area contributed by atoms with Gasteiger partial charge in [0.05, 0.1) is 10.3 Å². The average molecular weight is 426 g/mol. The van der Waals surface area contributed by atoms with Crippen molar-refractivity contribution >= 4 is 27.4 Å². The molecule has 154 valence electrons. The fourth-order valence-corrected chi connectivity index (χ4v) is 4.28. The molecule has 1 atom stereocenters. The molecule has 4 aromatic rings. The SMILES string of the molecule is NC(CNc1nc(-c2ccncc2)nc2c(C#CC3CC3)csc12)Cc1ccccc1. The lowest BCUT2D eigenvalue weighted by Gasteiger charge is -2.14.